The first-order valence-corrected chi connectivity index (χ1v) is 9.38. The van der Waals surface area contributed by atoms with Gasteiger partial charge in [-0.15, -0.1) is 0 Å². The predicted molar refractivity (Wildman–Crippen MR) is 114 cm³/mol. The number of hydrogen-bond acceptors (Lipinski definition) is 5. The Bertz CT molecular complexity index is 1140. The molecule has 2 heterocycles. The van der Waals surface area contributed by atoms with E-state index in [0.717, 1.165) is 28.2 Å². The molecule has 148 valence electrons. The van der Waals surface area contributed by atoms with E-state index in [2.05, 4.69) is 0 Å². The first-order valence-electron chi connectivity index (χ1n) is 9.38. The van der Waals surface area contributed by atoms with E-state index in [1.54, 1.807) is 7.11 Å². The summed E-state index contributed by atoms with van der Waals surface area (Å²) in [4.78, 5) is 4.73. The summed E-state index contributed by atoms with van der Waals surface area (Å²) in [5.41, 5.74) is 10.2. The summed E-state index contributed by atoms with van der Waals surface area (Å²) in [5.74, 6) is 2.19. The Morgan fingerprint density at radius 2 is 1.83 bits per heavy atom. The van der Waals surface area contributed by atoms with Crippen molar-refractivity contribution in [2.45, 2.75) is 6.92 Å². The molecule has 4 rings (SSSR count). The van der Waals surface area contributed by atoms with Gasteiger partial charge in [0.2, 0.25) is 0 Å². The van der Waals surface area contributed by atoms with E-state index >= 15 is 0 Å². The third kappa shape index (κ3) is 4.11. The average Bonchev–Trinajstić information content (AvgIpc) is 3.16. The maximum atomic E-state index is 6.03. The molecule has 0 radical (unpaired) electrons. The van der Waals surface area contributed by atoms with E-state index in [0.29, 0.717) is 30.4 Å². The van der Waals surface area contributed by atoms with Crippen LogP contribution in [0.3, 0.4) is 0 Å². The molecule has 0 bridgehead atoms. The van der Waals surface area contributed by atoms with Gasteiger partial charge in [0.1, 0.15) is 24.7 Å². The number of nitrogens with two attached hydrogens (primary N) is 1. The van der Waals surface area contributed by atoms with Gasteiger partial charge < -0.3 is 24.3 Å². The molecule has 2 aromatic carbocycles. The van der Waals surface area contributed by atoms with Gasteiger partial charge in [-0.25, -0.2) is 4.98 Å². The monoisotopic (exact) mass is 389 g/mol. The number of aromatic nitrogens is 2. The van der Waals surface area contributed by atoms with Gasteiger partial charge in [-0.1, -0.05) is 12.1 Å². The number of nitrogen functional groups attached to an aromatic ring is 1. The molecule has 6 heteroatoms. The molecule has 2 N–H and O–H groups in total. The fourth-order valence-electron chi connectivity index (χ4n) is 3.15. The Balaban J connectivity index is 1.48. The highest BCUT2D eigenvalue weighted by Gasteiger charge is 2.11. The van der Waals surface area contributed by atoms with Gasteiger partial charge in [-0.05, 0) is 55.0 Å². The van der Waals surface area contributed by atoms with Gasteiger partial charge in [0, 0.05) is 18.0 Å². The van der Waals surface area contributed by atoms with Crippen LogP contribution in [0.15, 0.2) is 67.0 Å². The number of fused-ring (bicyclic) bond motifs is 1. The van der Waals surface area contributed by atoms with Crippen molar-refractivity contribution in [3.63, 3.8) is 0 Å². The quantitative estimate of drug-likeness (QED) is 0.376. The second-order valence-electron chi connectivity index (χ2n) is 6.70. The van der Waals surface area contributed by atoms with Crippen LogP contribution < -0.4 is 19.9 Å². The molecule has 0 fully saturated rings. The summed E-state index contributed by atoms with van der Waals surface area (Å²) in [7, 11) is 1.60. The fraction of sp³-hybridized carbons (Fsp3) is 0.174. The highest BCUT2D eigenvalue weighted by molar-refractivity contribution is 5.71. The van der Waals surface area contributed by atoms with Crippen molar-refractivity contribution < 1.29 is 14.2 Å². The van der Waals surface area contributed by atoms with Crippen molar-refractivity contribution in [3.05, 3.63) is 72.6 Å². The minimum Gasteiger partial charge on any atom is -0.495 e. The van der Waals surface area contributed by atoms with Crippen LogP contribution in [0, 0.1) is 6.92 Å². The van der Waals surface area contributed by atoms with Gasteiger partial charge in [-0.3, -0.25) is 0 Å². The van der Waals surface area contributed by atoms with Crippen molar-refractivity contribution in [2.24, 2.45) is 0 Å². The molecule has 0 amide bonds. The minimum absolute atomic E-state index is 0.422. The lowest BCUT2D eigenvalue weighted by Gasteiger charge is -2.09. The SMILES string of the molecule is COc1ccc(-c2cn3cccc(OCCOc4cccc(C)c4)c3n2)cc1N. The first-order chi connectivity index (χ1) is 14.1. The van der Waals surface area contributed by atoms with Crippen LogP contribution in [0.5, 0.6) is 17.2 Å². The zero-order valence-electron chi connectivity index (χ0n) is 16.5. The van der Waals surface area contributed by atoms with Gasteiger partial charge >= 0.3 is 0 Å². The van der Waals surface area contributed by atoms with E-state index in [1.807, 2.05) is 78.3 Å². The van der Waals surface area contributed by atoms with Gasteiger partial charge in [0.05, 0.1) is 18.5 Å². The second-order valence-corrected chi connectivity index (χ2v) is 6.70. The van der Waals surface area contributed by atoms with Crippen LogP contribution in [0.1, 0.15) is 5.56 Å². The minimum atomic E-state index is 0.422. The average molecular weight is 389 g/mol. The largest absolute Gasteiger partial charge is 0.495 e. The number of ether oxygens (including phenoxy) is 3. The predicted octanol–water partition coefficient (Wildman–Crippen LogP) is 4.36. The molecule has 2 aromatic heterocycles. The van der Waals surface area contributed by atoms with Crippen LogP contribution in [0.4, 0.5) is 5.69 Å². The number of nitrogens with zero attached hydrogens (tertiary/aromatic N) is 2. The zero-order chi connectivity index (χ0) is 20.2. The van der Waals surface area contributed by atoms with E-state index in [-0.39, 0.29) is 0 Å². The molecule has 0 aliphatic carbocycles. The molecule has 29 heavy (non-hydrogen) atoms. The molecule has 0 spiro atoms. The van der Waals surface area contributed by atoms with Gasteiger partial charge in [-0.2, -0.15) is 0 Å². The fourth-order valence-corrected chi connectivity index (χ4v) is 3.15. The molecule has 4 aromatic rings. The topological polar surface area (TPSA) is 71.0 Å². The number of pyridine rings is 1. The summed E-state index contributed by atoms with van der Waals surface area (Å²) >= 11 is 0. The summed E-state index contributed by atoms with van der Waals surface area (Å²) in [5, 5.41) is 0. The number of benzene rings is 2. The Morgan fingerprint density at radius 3 is 2.62 bits per heavy atom. The lowest BCUT2D eigenvalue weighted by Crippen LogP contribution is -2.09. The molecule has 0 aliphatic rings. The molecule has 0 saturated heterocycles. The zero-order valence-corrected chi connectivity index (χ0v) is 16.5. The van der Waals surface area contributed by atoms with Gasteiger partial charge in [0.25, 0.3) is 0 Å². The van der Waals surface area contributed by atoms with Crippen LogP contribution in [0.25, 0.3) is 16.9 Å². The van der Waals surface area contributed by atoms with Crippen molar-refractivity contribution >= 4 is 11.3 Å². The molecular weight excluding hydrogens is 366 g/mol. The second kappa shape index (κ2) is 8.14. The van der Waals surface area contributed by atoms with E-state index < -0.39 is 0 Å². The number of aryl methyl sites for hydroxylation is 1. The van der Waals surface area contributed by atoms with Crippen LogP contribution >= 0.6 is 0 Å². The Hall–Kier alpha value is -3.67. The molecule has 0 atom stereocenters. The molecule has 0 aliphatic heterocycles. The van der Waals surface area contributed by atoms with Crippen LogP contribution in [-0.2, 0) is 0 Å². The summed E-state index contributed by atoms with van der Waals surface area (Å²) in [6.07, 6.45) is 3.89. The number of rotatable bonds is 7. The Morgan fingerprint density at radius 1 is 0.966 bits per heavy atom. The molecule has 0 unspecified atom stereocenters. The van der Waals surface area contributed by atoms with Crippen LogP contribution in [-0.4, -0.2) is 29.7 Å². The van der Waals surface area contributed by atoms with E-state index in [9.17, 15) is 0 Å². The third-order valence-electron chi connectivity index (χ3n) is 4.57. The first kappa shape index (κ1) is 18.7. The Kier molecular flexibility index (Phi) is 5.24. The normalized spacial score (nSPS) is 10.8. The van der Waals surface area contributed by atoms with Crippen molar-refractivity contribution in [2.75, 3.05) is 26.1 Å². The van der Waals surface area contributed by atoms with Crippen LogP contribution in [0.2, 0.25) is 0 Å². The molecule has 6 nitrogen and oxygen atoms in total. The number of hydrogen-bond donors (Lipinski definition) is 1. The highest BCUT2D eigenvalue weighted by atomic mass is 16.5. The van der Waals surface area contributed by atoms with Gasteiger partial charge in [0.15, 0.2) is 11.4 Å². The number of anilines is 1. The maximum absolute atomic E-state index is 6.03. The molecule has 0 saturated carbocycles. The third-order valence-corrected chi connectivity index (χ3v) is 4.57. The van der Waals surface area contributed by atoms with Crippen molar-refractivity contribution in [1.29, 1.82) is 0 Å². The summed E-state index contributed by atoms with van der Waals surface area (Å²) in [6, 6.07) is 17.4. The number of methoxy groups -OCH3 is 1. The lowest BCUT2D eigenvalue weighted by atomic mass is 10.1. The van der Waals surface area contributed by atoms with E-state index in [1.165, 1.54) is 0 Å². The number of imidazole rings is 1. The summed E-state index contributed by atoms with van der Waals surface area (Å²) < 4.78 is 18.8. The summed E-state index contributed by atoms with van der Waals surface area (Å²) in [6.45, 7) is 2.91. The highest BCUT2D eigenvalue weighted by Crippen LogP contribution is 2.29. The lowest BCUT2D eigenvalue weighted by molar-refractivity contribution is 0.218. The molecular formula is C23H23N3O3. The standard InChI is InChI=1S/C23H23N3O3/c1-16-5-3-6-18(13-16)28-11-12-29-22-7-4-10-26-15-20(25-23(22)26)17-8-9-21(27-2)19(24)14-17/h3-10,13-15H,11-12,24H2,1-2H3. The van der Waals surface area contributed by atoms with Crippen molar-refractivity contribution in [3.8, 4) is 28.5 Å². The van der Waals surface area contributed by atoms with E-state index in [4.69, 9.17) is 24.9 Å². The smallest absolute Gasteiger partial charge is 0.180 e. The maximum Gasteiger partial charge on any atom is 0.180 e. The Labute approximate surface area is 169 Å². The van der Waals surface area contributed by atoms with Crippen molar-refractivity contribution in [1.82, 2.24) is 9.38 Å².